The number of nitrogens with zero attached hydrogens (tertiary/aromatic N) is 3. The standard InChI is InChI=1S/C22H22N4O4S/c1-17-5-7-19(8-6-17)26(31(28,29)21-11-9-20(30-2)10-12-21)16-22(27)25-24-15-18-4-3-13-23-14-18/h3-15H,16H2,1-2H3,(H,25,27)/b24-15-. The molecule has 1 heterocycles. The molecule has 0 atom stereocenters. The van der Waals surface area contributed by atoms with Gasteiger partial charge in [0.05, 0.1) is 23.9 Å². The smallest absolute Gasteiger partial charge is 0.264 e. The van der Waals surface area contributed by atoms with Gasteiger partial charge >= 0.3 is 0 Å². The summed E-state index contributed by atoms with van der Waals surface area (Å²) in [5, 5.41) is 3.88. The zero-order valence-corrected chi connectivity index (χ0v) is 17.9. The van der Waals surface area contributed by atoms with Crippen LogP contribution in [-0.4, -0.2) is 39.2 Å². The van der Waals surface area contributed by atoms with Crippen LogP contribution in [0.25, 0.3) is 0 Å². The number of amides is 1. The van der Waals surface area contributed by atoms with E-state index in [0.29, 0.717) is 17.0 Å². The van der Waals surface area contributed by atoms with Crippen LogP contribution in [0.2, 0.25) is 0 Å². The second-order valence-electron chi connectivity index (χ2n) is 6.60. The maximum Gasteiger partial charge on any atom is 0.264 e. The summed E-state index contributed by atoms with van der Waals surface area (Å²) in [6.45, 7) is 1.45. The fourth-order valence-electron chi connectivity index (χ4n) is 2.70. The summed E-state index contributed by atoms with van der Waals surface area (Å²) in [4.78, 5) is 16.5. The average molecular weight is 439 g/mol. The molecule has 0 fully saturated rings. The quantitative estimate of drug-likeness (QED) is 0.431. The van der Waals surface area contributed by atoms with Gasteiger partial charge in [-0.25, -0.2) is 13.8 Å². The van der Waals surface area contributed by atoms with Crippen LogP contribution >= 0.6 is 0 Å². The maximum absolute atomic E-state index is 13.3. The Labute approximate surface area is 181 Å². The summed E-state index contributed by atoms with van der Waals surface area (Å²) in [6.07, 6.45) is 4.64. The van der Waals surface area contributed by atoms with Crippen LogP contribution in [0.1, 0.15) is 11.1 Å². The number of methoxy groups -OCH3 is 1. The highest BCUT2D eigenvalue weighted by Crippen LogP contribution is 2.25. The number of benzene rings is 2. The Kier molecular flexibility index (Phi) is 6.99. The number of carbonyl (C=O) groups excluding carboxylic acids is 1. The van der Waals surface area contributed by atoms with Crippen molar-refractivity contribution in [2.75, 3.05) is 18.0 Å². The molecule has 1 aromatic heterocycles. The lowest BCUT2D eigenvalue weighted by molar-refractivity contribution is -0.119. The number of hydrogen-bond donors (Lipinski definition) is 1. The summed E-state index contributed by atoms with van der Waals surface area (Å²) >= 11 is 0. The Hall–Kier alpha value is -3.72. The number of hydrazone groups is 1. The molecular formula is C22H22N4O4S. The van der Waals surface area contributed by atoms with Crippen molar-refractivity contribution in [2.45, 2.75) is 11.8 Å². The largest absolute Gasteiger partial charge is 0.497 e. The van der Waals surface area contributed by atoms with Crippen molar-refractivity contribution >= 4 is 27.8 Å². The number of aromatic nitrogens is 1. The Morgan fingerprint density at radius 1 is 1.13 bits per heavy atom. The molecule has 0 radical (unpaired) electrons. The zero-order valence-electron chi connectivity index (χ0n) is 17.1. The number of sulfonamides is 1. The van der Waals surface area contributed by atoms with Crippen LogP contribution in [0.4, 0.5) is 5.69 Å². The van der Waals surface area contributed by atoms with Gasteiger partial charge < -0.3 is 4.74 Å². The van der Waals surface area contributed by atoms with Gasteiger partial charge in [-0.1, -0.05) is 23.8 Å². The van der Waals surface area contributed by atoms with Gasteiger partial charge in [0.1, 0.15) is 12.3 Å². The number of carbonyl (C=O) groups is 1. The van der Waals surface area contributed by atoms with Gasteiger partial charge in [0.2, 0.25) is 0 Å². The molecule has 0 unspecified atom stereocenters. The Bertz CT molecular complexity index is 1150. The Morgan fingerprint density at radius 3 is 2.45 bits per heavy atom. The van der Waals surface area contributed by atoms with Gasteiger partial charge in [0, 0.05) is 18.0 Å². The number of anilines is 1. The molecule has 8 nitrogen and oxygen atoms in total. The minimum Gasteiger partial charge on any atom is -0.497 e. The summed E-state index contributed by atoms with van der Waals surface area (Å²) in [6, 6.07) is 16.4. The van der Waals surface area contributed by atoms with E-state index in [1.807, 2.05) is 6.92 Å². The van der Waals surface area contributed by atoms with Crippen molar-refractivity contribution in [1.82, 2.24) is 10.4 Å². The average Bonchev–Trinajstić information content (AvgIpc) is 2.79. The van der Waals surface area contributed by atoms with Gasteiger partial charge in [-0.05, 0) is 49.4 Å². The van der Waals surface area contributed by atoms with Gasteiger partial charge in [-0.2, -0.15) is 5.10 Å². The first-order valence-corrected chi connectivity index (χ1v) is 10.8. The van der Waals surface area contributed by atoms with E-state index in [4.69, 9.17) is 4.74 Å². The second kappa shape index (κ2) is 9.86. The van der Waals surface area contributed by atoms with Crippen molar-refractivity contribution in [3.05, 3.63) is 84.2 Å². The number of pyridine rings is 1. The molecular weight excluding hydrogens is 416 g/mol. The lowest BCUT2D eigenvalue weighted by Gasteiger charge is -2.24. The number of aryl methyl sites for hydroxylation is 1. The first-order valence-electron chi connectivity index (χ1n) is 9.35. The topological polar surface area (TPSA) is 101 Å². The molecule has 9 heteroatoms. The zero-order chi connectivity index (χ0) is 22.3. The normalized spacial score (nSPS) is 11.3. The number of ether oxygens (including phenoxy) is 1. The van der Waals surface area contributed by atoms with Crippen molar-refractivity contribution in [2.24, 2.45) is 5.10 Å². The fraction of sp³-hybridized carbons (Fsp3) is 0.136. The molecule has 0 aliphatic rings. The molecule has 31 heavy (non-hydrogen) atoms. The monoisotopic (exact) mass is 438 g/mol. The number of nitrogens with one attached hydrogen (secondary N) is 1. The molecule has 0 aliphatic carbocycles. The van der Waals surface area contributed by atoms with Crippen LogP contribution in [0, 0.1) is 6.92 Å². The van der Waals surface area contributed by atoms with Crippen molar-refractivity contribution in [3.8, 4) is 5.75 Å². The molecule has 1 N–H and O–H groups in total. The van der Waals surface area contributed by atoms with E-state index < -0.39 is 22.5 Å². The highest BCUT2D eigenvalue weighted by atomic mass is 32.2. The summed E-state index contributed by atoms with van der Waals surface area (Å²) in [5.41, 5.74) is 4.40. The van der Waals surface area contributed by atoms with Crippen molar-refractivity contribution in [3.63, 3.8) is 0 Å². The molecule has 3 aromatic rings. The number of hydrogen-bond acceptors (Lipinski definition) is 6. The lowest BCUT2D eigenvalue weighted by Crippen LogP contribution is -2.39. The van der Waals surface area contributed by atoms with Crippen LogP contribution in [0.15, 0.2) is 83.1 Å². The van der Waals surface area contributed by atoms with E-state index in [1.165, 1.54) is 25.5 Å². The van der Waals surface area contributed by atoms with Gasteiger partial charge in [0.25, 0.3) is 15.9 Å². The minimum atomic E-state index is -4.01. The number of rotatable bonds is 8. The van der Waals surface area contributed by atoms with E-state index in [1.54, 1.807) is 60.9 Å². The molecule has 160 valence electrons. The van der Waals surface area contributed by atoms with E-state index in [0.717, 1.165) is 9.87 Å². The van der Waals surface area contributed by atoms with E-state index in [-0.39, 0.29) is 4.90 Å². The second-order valence-corrected chi connectivity index (χ2v) is 8.46. The lowest BCUT2D eigenvalue weighted by atomic mass is 10.2. The molecule has 3 rings (SSSR count). The van der Waals surface area contributed by atoms with Crippen molar-refractivity contribution < 1.29 is 17.9 Å². The Balaban J connectivity index is 1.84. The third kappa shape index (κ3) is 5.67. The molecule has 0 spiro atoms. The highest BCUT2D eigenvalue weighted by Gasteiger charge is 2.27. The van der Waals surface area contributed by atoms with E-state index in [2.05, 4.69) is 15.5 Å². The van der Waals surface area contributed by atoms with Crippen LogP contribution in [0.5, 0.6) is 5.75 Å². The third-order valence-corrected chi connectivity index (χ3v) is 6.13. The summed E-state index contributed by atoms with van der Waals surface area (Å²) < 4.78 is 32.8. The van der Waals surface area contributed by atoms with E-state index in [9.17, 15) is 13.2 Å². The van der Waals surface area contributed by atoms with Crippen LogP contribution in [0.3, 0.4) is 0 Å². The predicted octanol–water partition coefficient (Wildman–Crippen LogP) is 2.74. The van der Waals surface area contributed by atoms with Gasteiger partial charge in [-0.15, -0.1) is 0 Å². The third-order valence-electron chi connectivity index (χ3n) is 4.34. The molecule has 0 bridgehead atoms. The summed E-state index contributed by atoms with van der Waals surface area (Å²) in [5.74, 6) is -0.0545. The minimum absolute atomic E-state index is 0.0422. The first-order chi connectivity index (χ1) is 14.9. The summed E-state index contributed by atoms with van der Waals surface area (Å²) in [7, 11) is -2.51. The SMILES string of the molecule is COc1ccc(S(=O)(=O)N(CC(=O)N/N=C\c2cccnc2)c2ccc(C)cc2)cc1. The molecule has 1 amide bonds. The van der Waals surface area contributed by atoms with E-state index >= 15 is 0 Å². The van der Waals surface area contributed by atoms with Crippen LogP contribution in [-0.2, 0) is 14.8 Å². The highest BCUT2D eigenvalue weighted by molar-refractivity contribution is 7.92. The fourth-order valence-corrected chi connectivity index (χ4v) is 4.12. The Morgan fingerprint density at radius 2 is 1.84 bits per heavy atom. The van der Waals surface area contributed by atoms with Crippen molar-refractivity contribution in [1.29, 1.82) is 0 Å². The molecule has 0 saturated carbocycles. The molecule has 0 aliphatic heterocycles. The maximum atomic E-state index is 13.3. The first kappa shape index (κ1) is 22.0. The molecule has 0 saturated heterocycles. The predicted molar refractivity (Wildman–Crippen MR) is 119 cm³/mol. The molecule has 2 aromatic carbocycles. The van der Waals surface area contributed by atoms with Gasteiger partial charge in [-0.3, -0.25) is 14.1 Å². The van der Waals surface area contributed by atoms with Gasteiger partial charge in [0.15, 0.2) is 0 Å². The van der Waals surface area contributed by atoms with Crippen LogP contribution < -0.4 is 14.5 Å².